The standard InChI is InChI=1S/C9H16N4O4/c10-6(14)2-4(8(12)16)1-5(9(13)17)3-7(11)15/h4-5H,1-3H2,(H2,10,14)(H2,11,15)(H2,12,16)(H2,13,17). The fourth-order valence-electron chi connectivity index (χ4n) is 1.43. The van der Waals surface area contributed by atoms with Gasteiger partial charge in [0.25, 0.3) is 0 Å². The quantitative estimate of drug-likeness (QED) is 0.364. The molecule has 0 aromatic rings. The summed E-state index contributed by atoms with van der Waals surface area (Å²) in [6, 6.07) is 0. The van der Waals surface area contributed by atoms with Crippen LogP contribution in [0, 0.1) is 11.8 Å². The number of nitrogens with two attached hydrogens (primary N) is 4. The van der Waals surface area contributed by atoms with Crippen LogP contribution >= 0.6 is 0 Å². The summed E-state index contributed by atoms with van der Waals surface area (Å²) in [7, 11) is 0. The molecular weight excluding hydrogens is 228 g/mol. The fraction of sp³-hybridized carbons (Fsp3) is 0.556. The van der Waals surface area contributed by atoms with Crippen molar-refractivity contribution in [2.75, 3.05) is 0 Å². The van der Waals surface area contributed by atoms with Gasteiger partial charge in [-0.3, -0.25) is 19.2 Å². The summed E-state index contributed by atoms with van der Waals surface area (Å²) in [6.45, 7) is 0. The summed E-state index contributed by atoms with van der Waals surface area (Å²) in [5.41, 5.74) is 20.0. The van der Waals surface area contributed by atoms with Gasteiger partial charge in [0, 0.05) is 24.7 Å². The molecule has 8 nitrogen and oxygen atoms in total. The lowest BCUT2D eigenvalue weighted by Gasteiger charge is -2.17. The third-order valence-electron chi connectivity index (χ3n) is 2.27. The van der Waals surface area contributed by atoms with E-state index in [1.165, 1.54) is 0 Å². The molecule has 0 aromatic carbocycles. The van der Waals surface area contributed by atoms with Gasteiger partial charge in [0.1, 0.15) is 0 Å². The largest absolute Gasteiger partial charge is 0.370 e. The molecule has 2 unspecified atom stereocenters. The number of rotatable bonds is 8. The predicted octanol–water partition coefficient (Wildman–Crippen LogP) is -2.67. The highest BCUT2D eigenvalue weighted by molar-refractivity contribution is 5.87. The minimum absolute atomic E-state index is 0.115. The van der Waals surface area contributed by atoms with Crippen LogP contribution in [-0.2, 0) is 19.2 Å². The molecule has 0 heterocycles. The molecular formula is C9H16N4O4. The van der Waals surface area contributed by atoms with E-state index in [1.807, 2.05) is 0 Å². The minimum Gasteiger partial charge on any atom is -0.370 e. The van der Waals surface area contributed by atoms with Crippen molar-refractivity contribution in [3.63, 3.8) is 0 Å². The lowest BCUT2D eigenvalue weighted by molar-refractivity contribution is -0.131. The van der Waals surface area contributed by atoms with E-state index in [1.54, 1.807) is 0 Å². The Bertz CT molecular complexity index is 310. The fourth-order valence-corrected chi connectivity index (χ4v) is 1.43. The van der Waals surface area contributed by atoms with Crippen LogP contribution in [0.3, 0.4) is 0 Å². The Hall–Kier alpha value is -2.12. The zero-order valence-corrected chi connectivity index (χ0v) is 9.22. The summed E-state index contributed by atoms with van der Waals surface area (Å²) in [6.07, 6.45) is -0.702. The van der Waals surface area contributed by atoms with Crippen LogP contribution in [0.15, 0.2) is 0 Å². The summed E-state index contributed by atoms with van der Waals surface area (Å²) in [4.78, 5) is 43.4. The number of carbonyl (C=O) groups excluding carboxylic acids is 4. The molecule has 0 aliphatic carbocycles. The molecule has 0 radical (unpaired) electrons. The maximum atomic E-state index is 11.0. The highest BCUT2D eigenvalue weighted by Crippen LogP contribution is 2.18. The van der Waals surface area contributed by atoms with E-state index in [2.05, 4.69) is 0 Å². The second-order valence-corrected chi connectivity index (χ2v) is 3.78. The first-order chi connectivity index (χ1) is 7.73. The van der Waals surface area contributed by atoms with Gasteiger partial charge in [0.15, 0.2) is 0 Å². The number of amides is 4. The zero-order chi connectivity index (χ0) is 13.6. The molecule has 0 saturated carbocycles. The van der Waals surface area contributed by atoms with Gasteiger partial charge >= 0.3 is 0 Å². The number of hydrogen-bond donors (Lipinski definition) is 4. The zero-order valence-electron chi connectivity index (χ0n) is 9.22. The van der Waals surface area contributed by atoms with Crippen molar-refractivity contribution >= 4 is 23.6 Å². The molecule has 8 N–H and O–H groups in total. The Morgan fingerprint density at radius 3 is 1.18 bits per heavy atom. The molecule has 0 aliphatic heterocycles. The van der Waals surface area contributed by atoms with Crippen LogP contribution in [0.1, 0.15) is 19.3 Å². The Labute approximate surface area is 97.7 Å². The second-order valence-electron chi connectivity index (χ2n) is 3.78. The molecule has 0 fully saturated rings. The molecule has 0 bridgehead atoms. The Morgan fingerprint density at radius 2 is 1.00 bits per heavy atom. The van der Waals surface area contributed by atoms with E-state index in [9.17, 15) is 19.2 Å². The summed E-state index contributed by atoms with van der Waals surface area (Å²) >= 11 is 0. The summed E-state index contributed by atoms with van der Waals surface area (Å²) < 4.78 is 0. The Kier molecular flexibility index (Phi) is 5.65. The normalized spacial score (nSPS) is 13.6. The van der Waals surface area contributed by atoms with Crippen LogP contribution < -0.4 is 22.9 Å². The molecule has 2 atom stereocenters. The molecule has 4 amide bonds. The lowest BCUT2D eigenvalue weighted by atomic mass is 9.88. The van der Waals surface area contributed by atoms with Crippen LogP contribution in [0.2, 0.25) is 0 Å². The number of primary amides is 4. The van der Waals surface area contributed by atoms with Crippen LogP contribution in [0.4, 0.5) is 0 Å². The average Bonchev–Trinajstić information content (AvgIpc) is 2.13. The first-order valence-electron chi connectivity index (χ1n) is 4.89. The topological polar surface area (TPSA) is 172 Å². The van der Waals surface area contributed by atoms with Crippen molar-refractivity contribution in [1.82, 2.24) is 0 Å². The highest BCUT2D eigenvalue weighted by Gasteiger charge is 2.27. The van der Waals surface area contributed by atoms with Crippen LogP contribution in [0.5, 0.6) is 0 Å². The predicted molar refractivity (Wildman–Crippen MR) is 57.6 cm³/mol. The monoisotopic (exact) mass is 244 g/mol. The van der Waals surface area contributed by atoms with Crippen LogP contribution in [-0.4, -0.2) is 23.6 Å². The van der Waals surface area contributed by atoms with Gasteiger partial charge in [-0.1, -0.05) is 0 Å². The molecule has 17 heavy (non-hydrogen) atoms. The van der Waals surface area contributed by atoms with Gasteiger partial charge < -0.3 is 22.9 Å². The van der Waals surface area contributed by atoms with Gasteiger partial charge in [-0.15, -0.1) is 0 Å². The summed E-state index contributed by atoms with van der Waals surface area (Å²) in [5, 5.41) is 0. The first kappa shape index (κ1) is 14.9. The number of carbonyl (C=O) groups is 4. The van der Waals surface area contributed by atoms with Crippen molar-refractivity contribution < 1.29 is 19.2 Å². The number of hydrogen-bond acceptors (Lipinski definition) is 4. The minimum atomic E-state index is -0.927. The van der Waals surface area contributed by atoms with Gasteiger partial charge in [0.2, 0.25) is 23.6 Å². The Balaban J connectivity index is 4.67. The molecule has 0 spiro atoms. The van der Waals surface area contributed by atoms with E-state index >= 15 is 0 Å². The third-order valence-corrected chi connectivity index (χ3v) is 2.27. The smallest absolute Gasteiger partial charge is 0.221 e. The summed E-state index contributed by atoms with van der Waals surface area (Å²) in [5.74, 6) is -4.86. The van der Waals surface area contributed by atoms with Crippen molar-refractivity contribution in [3.8, 4) is 0 Å². The molecule has 0 aromatic heterocycles. The highest BCUT2D eigenvalue weighted by atomic mass is 16.2. The second kappa shape index (κ2) is 6.46. The third kappa shape index (κ3) is 6.13. The molecule has 96 valence electrons. The van der Waals surface area contributed by atoms with E-state index in [-0.39, 0.29) is 19.3 Å². The van der Waals surface area contributed by atoms with Crippen molar-refractivity contribution in [2.45, 2.75) is 19.3 Å². The van der Waals surface area contributed by atoms with Crippen LogP contribution in [0.25, 0.3) is 0 Å². The maximum Gasteiger partial charge on any atom is 0.221 e. The molecule has 0 rings (SSSR count). The molecule has 0 saturated heterocycles. The van der Waals surface area contributed by atoms with Gasteiger partial charge in [-0.2, -0.15) is 0 Å². The molecule has 8 heteroatoms. The van der Waals surface area contributed by atoms with Crippen molar-refractivity contribution in [1.29, 1.82) is 0 Å². The van der Waals surface area contributed by atoms with E-state index in [0.717, 1.165) is 0 Å². The SMILES string of the molecule is NC(=O)CC(CC(CC(N)=O)C(N)=O)C(N)=O. The van der Waals surface area contributed by atoms with E-state index in [4.69, 9.17) is 22.9 Å². The van der Waals surface area contributed by atoms with E-state index in [0.29, 0.717) is 0 Å². The Morgan fingerprint density at radius 1 is 0.706 bits per heavy atom. The first-order valence-corrected chi connectivity index (χ1v) is 4.89. The van der Waals surface area contributed by atoms with Gasteiger partial charge in [-0.25, -0.2) is 0 Å². The average molecular weight is 244 g/mol. The van der Waals surface area contributed by atoms with Crippen molar-refractivity contribution in [2.24, 2.45) is 34.8 Å². The maximum absolute atomic E-state index is 11.0. The van der Waals surface area contributed by atoms with Gasteiger partial charge in [-0.05, 0) is 6.42 Å². The lowest BCUT2D eigenvalue weighted by Crippen LogP contribution is -2.35. The van der Waals surface area contributed by atoms with E-state index < -0.39 is 35.5 Å². The molecule has 0 aliphatic rings. The van der Waals surface area contributed by atoms with Gasteiger partial charge in [0.05, 0.1) is 0 Å². The van der Waals surface area contributed by atoms with Crippen molar-refractivity contribution in [3.05, 3.63) is 0 Å².